The fourth-order valence-electron chi connectivity index (χ4n) is 3.72. The lowest BCUT2D eigenvalue weighted by atomic mass is 9.90. The van der Waals surface area contributed by atoms with Crippen molar-refractivity contribution >= 4 is 39.0 Å². The molecule has 0 radical (unpaired) electrons. The lowest BCUT2D eigenvalue weighted by molar-refractivity contribution is 0.355. The Hall–Kier alpha value is -2.52. The van der Waals surface area contributed by atoms with Crippen molar-refractivity contribution in [1.29, 1.82) is 0 Å². The Morgan fingerprint density at radius 2 is 1.88 bits per heavy atom. The highest BCUT2D eigenvalue weighted by atomic mass is 35.5. The van der Waals surface area contributed by atoms with Gasteiger partial charge in [-0.15, -0.1) is 0 Å². The molecule has 1 aliphatic heterocycles. The Labute approximate surface area is 193 Å². The Morgan fingerprint density at radius 3 is 2.44 bits per heavy atom. The number of hydrogen-bond donors (Lipinski definition) is 2. The van der Waals surface area contributed by atoms with E-state index in [1.807, 2.05) is 31.2 Å². The fourth-order valence-corrected chi connectivity index (χ4v) is 4.33. The second kappa shape index (κ2) is 10.4. The van der Waals surface area contributed by atoms with E-state index in [4.69, 9.17) is 16.3 Å². The maximum Gasteiger partial charge on any atom is 0.232 e. The van der Waals surface area contributed by atoms with E-state index in [9.17, 15) is 12.8 Å². The molecule has 2 aromatic carbocycles. The van der Waals surface area contributed by atoms with Gasteiger partial charge in [0.15, 0.2) is 0 Å². The van der Waals surface area contributed by atoms with Crippen LogP contribution in [0.5, 0.6) is 5.75 Å². The molecule has 174 valence electrons. The van der Waals surface area contributed by atoms with Gasteiger partial charge >= 0.3 is 0 Å². The number of benzene rings is 2. The number of nitrogens with zero attached hydrogens (tertiary/aromatic N) is 2. The summed E-state index contributed by atoms with van der Waals surface area (Å²) in [7, 11) is -1.96. The van der Waals surface area contributed by atoms with Crippen molar-refractivity contribution in [3.8, 4) is 5.75 Å². The summed E-state index contributed by atoms with van der Waals surface area (Å²) >= 11 is 5.80. The number of rotatable bonds is 6. The Balaban J connectivity index is 1.68. The number of ether oxygens (including phenoxy) is 1. The van der Waals surface area contributed by atoms with Crippen LogP contribution in [0.4, 0.5) is 15.8 Å². The van der Waals surface area contributed by atoms with Gasteiger partial charge in [0.25, 0.3) is 0 Å². The summed E-state index contributed by atoms with van der Waals surface area (Å²) in [5, 5.41) is 3.00. The molecule has 0 amide bonds. The number of halogens is 2. The molecule has 0 spiro atoms. The van der Waals surface area contributed by atoms with Crippen molar-refractivity contribution in [2.75, 3.05) is 36.7 Å². The van der Waals surface area contributed by atoms with Gasteiger partial charge in [-0.1, -0.05) is 11.6 Å². The number of methoxy groups -OCH3 is 1. The monoisotopic (exact) mass is 482 g/mol. The third kappa shape index (κ3) is 6.74. The van der Waals surface area contributed by atoms with Gasteiger partial charge in [-0.05, 0) is 68.1 Å². The SMILES string of the molecule is COc1ccc(N2CCC([C@@H](C)N=C(Nc3ccc(Cl)cc3F)NS(C)(=O)=O)CC2)cc1. The van der Waals surface area contributed by atoms with Gasteiger partial charge in [0.2, 0.25) is 16.0 Å². The maximum absolute atomic E-state index is 14.2. The summed E-state index contributed by atoms with van der Waals surface area (Å²) in [6.45, 7) is 3.67. The van der Waals surface area contributed by atoms with Gasteiger partial charge in [-0.2, -0.15) is 0 Å². The van der Waals surface area contributed by atoms with Crippen LogP contribution in [0.2, 0.25) is 5.02 Å². The number of guanidine groups is 1. The third-order valence-electron chi connectivity index (χ3n) is 5.46. The van der Waals surface area contributed by atoms with Gasteiger partial charge < -0.3 is 15.0 Å². The van der Waals surface area contributed by atoms with Crippen LogP contribution in [0.1, 0.15) is 19.8 Å². The van der Waals surface area contributed by atoms with Crippen LogP contribution in [0.25, 0.3) is 0 Å². The lowest BCUT2D eigenvalue weighted by Gasteiger charge is -2.35. The molecule has 0 bridgehead atoms. The molecule has 1 fully saturated rings. The first-order chi connectivity index (χ1) is 15.1. The van der Waals surface area contributed by atoms with Gasteiger partial charge in [-0.25, -0.2) is 17.8 Å². The molecule has 1 saturated heterocycles. The second-order valence-electron chi connectivity index (χ2n) is 7.86. The molecule has 1 heterocycles. The third-order valence-corrected chi connectivity index (χ3v) is 6.26. The van der Waals surface area contributed by atoms with E-state index in [-0.39, 0.29) is 28.6 Å². The molecular formula is C22H28ClFN4O3S. The molecule has 0 aromatic heterocycles. The van der Waals surface area contributed by atoms with Crippen LogP contribution in [0.3, 0.4) is 0 Å². The minimum absolute atomic E-state index is 0.0150. The van der Waals surface area contributed by atoms with Crippen LogP contribution in [-0.4, -0.2) is 46.9 Å². The number of piperidine rings is 1. The van der Waals surface area contributed by atoms with Gasteiger partial charge in [-0.3, -0.25) is 4.72 Å². The van der Waals surface area contributed by atoms with E-state index >= 15 is 0 Å². The van der Waals surface area contributed by atoms with Crippen LogP contribution < -0.4 is 19.7 Å². The van der Waals surface area contributed by atoms with Gasteiger partial charge in [0, 0.05) is 23.8 Å². The smallest absolute Gasteiger partial charge is 0.232 e. The summed E-state index contributed by atoms with van der Waals surface area (Å²) < 4.78 is 45.4. The first-order valence-corrected chi connectivity index (χ1v) is 12.6. The maximum atomic E-state index is 14.2. The molecule has 7 nitrogen and oxygen atoms in total. The average Bonchev–Trinajstić information content (AvgIpc) is 2.74. The Kier molecular flexibility index (Phi) is 7.84. The van der Waals surface area contributed by atoms with E-state index in [1.54, 1.807) is 7.11 Å². The number of nitrogens with one attached hydrogen (secondary N) is 2. The zero-order valence-electron chi connectivity index (χ0n) is 18.3. The topological polar surface area (TPSA) is 83.0 Å². The largest absolute Gasteiger partial charge is 0.497 e. The first-order valence-electron chi connectivity index (χ1n) is 10.3. The second-order valence-corrected chi connectivity index (χ2v) is 10.0. The van der Waals surface area contributed by atoms with Gasteiger partial charge in [0.05, 0.1) is 25.1 Å². The van der Waals surface area contributed by atoms with Crippen LogP contribution in [0, 0.1) is 11.7 Å². The van der Waals surface area contributed by atoms with Crippen molar-refractivity contribution in [2.24, 2.45) is 10.9 Å². The summed E-state index contributed by atoms with van der Waals surface area (Å²) in [5.41, 5.74) is 1.23. The summed E-state index contributed by atoms with van der Waals surface area (Å²) in [6, 6.07) is 11.9. The Morgan fingerprint density at radius 1 is 1.22 bits per heavy atom. The molecular weight excluding hydrogens is 455 g/mol. The van der Waals surface area contributed by atoms with Gasteiger partial charge in [0.1, 0.15) is 11.6 Å². The highest BCUT2D eigenvalue weighted by molar-refractivity contribution is 7.89. The molecule has 10 heteroatoms. The number of aliphatic imine (C=N–C) groups is 1. The van der Waals surface area contributed by atoms with E-state index in [2.05, 4.69) is 19.9 Å². The van der Waals surface area contributed by atoms with Crippen molar-refractivity contribution in [3.05, 3.63) is 53.3 Å². The van der Waals surface area contributed by atoms with Crippen LogP contribution in [-0.2, 0) is 10.0 Å². The molecule has 0 saturated carbocycles. The predicted molar refractivity (Wildman–Crippen MR) is 128 cm³/mol. The minimum atomic E-state index is -3.60. The van der Waals surface area contributed by atoms with Crippen LogP contribution in [0.15, 0.2) is 47.5 Å². The lowest BCUT2D eigenvalue weighted by Crippen LogP contribution is -2.39. The fraction of sp³-hybridized carbons (Fsp3) is 0.409. The van der Waals surface area contributed by atoms with Crippen molar-refractivity contribution in [1.82, 2.24) is 4.72 Å². The van der Waals surface area contributed by atoms with E-state index in [0.717, 1.165) is 49.7 Å². The summed E-state index contributed by atoms with van der Waals surface area (Å²) in [4.78, 5) is 6.85. The minimum Gasteiger partial charge on any atom is -0.497 e. The normalized spacial score (nSPS) is 16.5. The number of hydrogen-bond acceptors (Lipinski definition) is 5. The average molecular weight is 483 g/mol. The van der Waals surface area contributed by atoms with Crippen molar-refractivity contribution in [2.45, 2.75) is 25.8 Å². The molecule has 0 aliphatic carbocycles. The highest BCUT2D eigenvalue weighted by Gasteiger charge is 2.25. The summed E-state index contributed by atoms with van der Waals surface area (Å²) in [6.07, 6.45) is 2.83. The molecule has 2 N–H and O–H groups in total. The summed E-state index contributed by atoms with van der Waals surface area (Å²) in [5.74, 6) is 0.472. The standard InChI is InChI=1S/C22H28ClFN4O3S/c1-15(16-10-12-28(13-11-16)18-5-7-19(31-2)8-6-18)25-22(27-32(3,29)30)26-21-9-4-17(23)14-20(21)24/h4-9,14-16H,10-13H2,1-3H3,(H2,25,26,27)/t15-/m1/s1. The molecule has 32 heavy (non-hydrogen) atoms. The first kappa shape index (κ1) is 24.1. The van der Waals surface area contributed by atoms with Crippen molar-refractivity contribution in [3.63, 3.8) is 0 Å². The van der Waals surface area contributed by atoms with Crippen molar-refractivity contribution < 1.29 is 17.5 Å². The zero-order valence-corrected chi connectivity index (χ0v) is 19.9. The van der Waals surface area contributed by atoms with E-state index < -0.39 is 15.8 Å². The van der Waals surface area contributed by atoms with E-state index in [0.29, 0.717) is 0 Å². The van der Waals surface area contributed by atoms with E-state index in [1.165, 1.54) is 12.1 Å². The highest BCUT2D eigenvalue weighted by Crippen LogP contribution is 2.28. The zero-order chi connectivity index (χ0) is 23.3. The molecule has 1 atom stereocenters. The quantitative estimate of drug-likeness (QED) is 0.478. The number of sulfonamides is 1. The Bertz CT molecular complexity index is 1060. The molecule has 2 aromatic rings. The predicted octanol–water partition coefficient (Wildman–Crippen LogP) is 4.11. The molecule has 3 rings (SSSR count). The molecule has 1 aliphatic rings. The number of anilines is 2. The van der Waals surface area contributed by atoms with Crippen LogP contribution >= 0.6 is 11.6 Å². The molecule has 0 unspecified atom stereocenters.